The molecule has 0 aromatic carbocycles. The Kier molecular flexibility index (Phi) is 4.62. The van der Waals surface area contributed by atoms with Crippen LogP contribution in [-0.4, -0.2) is 49.8 Å². The summed E-state index contributed by atoms with van der Waals surface area (Å²) in [6.45, 7) is 10.3. The quantitative estimate of drug-likeness (QED) is 0.768. The lowest BCUT2D eigenvalue weighted by atomic mass is 9.89. The summed E-state index contributed by atoms with van der Waals surface area (Å²) in [5.41, 5.74) is 0. The van der Waals surface area contributed by atoms with Crippen molar-refractivity contribution < 1.29 is 4.74 Å². The van der Waals surface area contributed by atoms with Gasteiger partial charge in [-0.05, 0) is 51.7 Å². The van der Waals surface area contributed by atoms with E-state index in [9.17, 15) is 0 Å². The summed E-state index contributed by atoms with van der Waals surface area (Å²) in [4.78, 5) is 2.61. The van der Waals surface area contributed by atoms with Gasteiger partial charge in [0.25, 0.3) is 0 Å². The third kappa shape index (κ3) is 3.19. The molecule has 1 unspecified atom stereocenters. The molecule has 0 radical (unpaired) electrons. The van der Waals surface area contributed by atoms with Crippen LogP contribution in [0.3, 0.4) is 0 Å². The minimum absolute atomic E-state index is 0.628. The van der Waals surface area contributed by atoms with Crippen LogP contribution < -0.4 is 5.32 Å². The fraction of sp³-hybridized carbons (Fsp3) is 1.00. The number of hydrogen-bond acceptors (Lipinski definition) is 3. The maximum Gasteiger partial charge on any atom is 0.0643 e. The van der Waals surface area contributed by atoms with Gasteiger partial charge in [-0.25, -0.2) is 0 Å². The fourth-order valence-corrected chi connectivity index (χ4v) is 2.83. The van der Waals surface area contributed by atoms with E-state index in [2.05, 4.69) is 24.1 Å². The molecule has 3 heteroatoms. The normalized spacial score (nSPS) is 26.6. The van der Waals surface area contributed by atoms with E-state index in [1.807, 2.05) is 0 Å². The predicted molar refractivity (Wildman–Crippen MR) is 66.7 cm³/mol. The molecule has 3 nitrogen and oxygen atoms in total. The first-order chi connectivity index (χ1) is 7.79. The van der Waals surface area contributed by atoms with Gasteiger partial charge in [0.05, 0.1) is 19.3 Å². The first-order valence-electron chi connectivity index (χ1n) is 6.85. The minimum Gasteiger partial charge on any atom is -0.378 e. The highest BCUT2D eigenvalue weighted by Gasteiger charge is 2.27. The molecule has 2 rings (SSSR count). The Bertz CT molecular complexity index is 198. The van der Waals surface area contributed by atoms with E-state index in [0.29, 0.717) is 12.1 Å². The van der Waals surface area contributed by atoms with Crippen LogP contribution in [0.25, 0.3) is 0 Å². The molecule has 2 aliphatic rings. The maximum atomic E-state index is 5.20. The molecule has 0 saturated carbocycles. The molecular weight excluding hydrogens is 200 g/mol. The van der Waals surface area contributed by atoms with E-state index in [1.165, 1.54) is 38.9 Å². The highest BCUT2D eigenvalue weighted by atomic mass is 16.5. The number of hydrogen-bond donors (Lipinski definition) is 1. The summed E-state index contributed by atoms with van der Waals surface area (Å²) >= 11 is 0. The number of nitrogens with one attached hydrogen (secondary N) is 1. The number of likely N-dealkylation sites (tertiary alicyclic amines) is 1. The second-order valence-electron chi connectivity index (χ2n) is 5.37. The van der Waals surface area contributed by atoms with Crippen LogP contribution >= 0.6 is 0 Å². The van der Waals surface area contributed by atoms with Gasteiger partial charge in [0.15, 0.2) is 0 Å². The Balaban J connectivity index is 1.66. The lowest BCUT2D eigenvalue weighted by molar-refractivity contribution is -0.0141. The Morgan fingerprint density at radius 1 is 1.31 bits per heavy atom. The Labute approximate surface area is 99.5 Å². The Morgan fingerprint density at radius 3 is 2.50 bits per heavy atom. The van der Waals surface area contributed by atoms with Crippen LogP contribution in [0.5, 0.6) is 0 Å². The van der Waals surface area contributed by atoms with E-state index < -0.39 is 0 Å². The molecule has 1 N–H and O–H groups in total. The second kappa shape index (κ2) is 5.99. The van der Waals surface area contributed by atoms with Crippen molar-refractivity contribution in [1.82, 2.24) is 10.2 Å². The summed E-state index contributed by atoms with van der Waals surface area (Å²) in [5, 5.41) is 3.69. The van der Waals surface area contributed by atoms with Crippen molar-refractivity contribution in [2.24, 2.45) is 5.92 Å². The van der Waals surface area contributed by atoms with Crippen LogP contribution in [0.4, 0.5) is 0 Å². The molecule has 2 heterocycles. The van der Waals surface area contributed by atoms with Gasteiger partial charge in [0.1, 0.15) is 0 Å². The van der Waals surface area contributed by atoms with E-state index in [0.717, 1.165) is 19.1 Å². The SMILES string of the molecule is CCCN1CCC(C(C)NC2COC2)CC1. The lowest BCUT2D eigenvalue weighted by Gasteiger charge is -2.38. The minimum atomic E-state index is 0.628. The van der Waals surface area contributed by atoms with Crippen molar-refractivity contribution in [3.63, 3.8) is 0 Å². The van der Waals surface area contributed by atoms with Crippen LogP contribution in [0, 0.1) is 5.92 Å². The molecule has 1 atom stereocenters. The molecule has 0 aromatic rings. The van der Waals surface area contributed by atoms with E-state index >= 15 is 0 Å². The summed E-state index contributed by atoms with van der Waals surface area (Å²) in [6.07, 6.45) is 4.02. The van der Waals surface area contributed by atoms with Gasteiger partial charge in [0, 0.05) is 6.04 Å². The summed E-state index contributed by atoms with van der Waals surface area (Å²) in [5.74, 6) is 0.869. The zero-order chi connectivity index (χ0) is 11.4. The molecule has 0 spiro atoms. The third-order valence-electron chi connectivity index (χ3n) is 4.02. The molecule has 94 valence electrons. The molecule has 0 aromatic heterocycles. The van der Waals surface area contributed by atoms with Gasteiger partial charge in [-0.2, -0.15) is 0 Å². The second-order valence-corrected chi connectivity index (χ2v) is 5.37. The molecule has 2 fully saturated rings. The van der Waals surface area contributed by atoms with Gasteiger partial charge in [-0.3, -0.25) is 0 Å². The highest BCUT2D eigenvalue weighted by Crippen LogP contribution is 2.21. The number of ether oxygens (including phenoxy) is 1. The van der Waals surface area contributed by atoms with Crippen molar-refractivity contribution in [2.75, 3.05) is 32.8 Å². The van der Waals surface area contributed by atoms with Crippen LogP contribution in [0.2, 0.25) is 0 Å². The standard InChI is InChI=1S/C13H26N2O/c1-3-6-15-7-4-12(5-8-15)11(2)14-13-9-16-10-13/h11-14H,3-10H2,1-2H3. The molecule has 0 bridgehead atoms. The van der Waals surface area contributed by atoms with Gasteiger partial charge in [0.2, 0.25) is 0 Å². The Morgan fingerprint density at radius 2 is 2.00 bits per heavy atom. The molecule has 0 aliphatic carbocycles. The van der Waals surface area contributed by atoms with Gasteiger partial charge >= 0.3 is 0 Å². The zero-order valence-electron chi connectivity index (χ0n) is 10.7. The van der Waals surface area contributed by atoms with Crippen LogP contribution in [-0.2, 0) is 4.74 Å². The number of nitrogens with zero attached hydrogens (tertiary/aromatic N) is 1. The van der Waals surface area contributed by atoms with Crippen LogP contribution in [0.15, 0.2) is 0 Å². The average molecular weight is 226 g/mol. The summed E-state index contributed by atoms with van der Waals surface area (Å²) in [6, 6.07) is 1.29. The summed E-state index contributed by atoms with van der Waals surface area (Å²) in [7, 11) is 0. The predicted octanol–water partition coefficient (Wildman–Crippen LogP) is 1.49. The van der Waals surface area contributed by atoms with Crippen molar-refractivity contribution in [2.45, 2.75) is 45.2 Å². The summed E-state index contributed by atoms with van der Waals surface area (Å²) < 4.78 is 5.20. The first-order valence-corrected chi connectivity index (χ1v) is 6.85. The van der Waals surface area contributed by atoms with Crippen molar-refractivity contribution in [1.29, 1.82) is 0 Å². The zero-order valence-corrected chi connectivity index (χ0v) is 10.7. The molecule has 2 saturated heterocycles. The fourth-order valence-electron chi connectivity index (χ4n) is 2.83. The lowest BCUT2D eigenvalue weighted by Crippen LogP contribution is -2.52. The van der Waals surface area contributed by atoms with Crippen molar-refractivity contribution in [3.05, 3.63) is 0 Å². The number of piperidine rings is 1. The van der Waals surface area contributed by atoms with E-state index in [-0.39, 0.29) is 0 Å². The maximum absolute atomic E-state index is 5.20. The third-order valence-corrected chi connectivity index (χ3v) is 4.02. The smallest absolute Gasteiger partial charge is 0.0643 e. The monoisotopic (exact) mass is 226 g/mol. The number of rotatable bonds is 5. The largest absolute Gasteiger partial charge is 0.378 e. The van der Waals surface area contributed by atoms with Crippen molar-refractivity contribution in [3.8, 4) is 0 Å². The van der Waals surface area contributed by atoms with Gasteiger partial charge in [-0.15, -0.1) is 0 Å². The molecular formula is C13H26N2O. The highest BCUT2D eigenvalue weighted by molar-refractivity contribution is 4.83. The van der Waals surface area contributed by atoms with Crippen molar-refractivity contribution >= 4 is 0 Å². The molecule has 16 heavy (non-hydrogen) atoms. The average Bonchev–Trinajstić information content (AvgIpc) is 2.25. The first kappa shape index (κ1) is 12.3. The van der Waals surface area contributed by atoms with Gasteiger partial charge < -0.3 is 15.0 Å². The van der Waals surface area contributed by atoms with E-state index in [4.69, 9.17) is 4.74 Å². The van der Waals surface area contributed by atoms with E-state index in [1.54, 1.807) is 0 Å². The Hall–Kier alpha value is -0.120. The molecule has 0 amide bonds. The van der Waals surface area contributed by atoms with Gasteiger partial charge in [-0.1, -0.05) is 6.92 Å². The van der Waals surface area contributed by atoms with Crippen LogP contribution in [0.1, 0.15) is 33.1 Å². The molecule has 2 aliphatic heterocycles. The topological polar surface area (TPSA) is 24.5 Å².